The molecule has 0 aromatic carbocycles. The molecule has 1 atom stereocenters. The Kier molecular flexibility index (Phi) is 5.60. The number of ketones is 1. The SMILES string of the molecule is CNC(CCS)C(=O)C(C)C. The van der Waals surface area contributed by atoms with E-state index in [9.17, 15) is 4.79 Å². The third kappa shape index (κ3) is 3.77. The summed E-state index contributed by atoms with van der Waals surface area (Å²) in [5.74, 6) is 1.15. The van der Waals surface area contributed by atoms with Crippen molar-refractivity contribution in [1.82, 2.24) is 5.32 Å². The minimum absolute atomic E-state index is 0.00694. The van der Waals surface area contributed by atoms with E-state index < -0.39 is 0 Å². The Bertz CT molecular complexity index is 125. The molecule has 2 nitrogen and oxygen atoms in total. The number of nitrogens with one attached hydrogen (secondary N) is 1. The van der Waals surface area contributed by atoms with Crippen molar-refractivity contribution in [3.63, 3.8) is 0 Å². The number of thiol groups is 1. The predicted molar refractivity (Wildman–Crippen MR) is 51.2 cm³/mol. The van der Waals surface area contributed by atoms with Crippen molar-refractivity contribution in [1.29, 1.82) is 0 Å². The summed E-state index contributed by atoms with van der Waals surface area (Å²) in [6.07, 6.45) is 0.816. The average molecular weight is 175 g/mol. The lowest BCUT2D eigenvalue weighted by molar-refractivity contribution is -0.123. The maximum atomic E-state index is 11.4. The predicted octanol–water partition coefficient (Wildman–Crippen LogP) is 1.12. The van der Waals surface area contributed by atoms with Gasteiger partial charge >= 0.3 is 0 Å². The molecule has 3 heteroatoms. The Morgan fingerprint density at radius 1 is 1.55 bits per heavy atom. The van der Waals surface area contributed by atoms with Gasteiger partial charge in [0.15, 0.2) is 5.78 Å². The van der Waals surface area contributed by atoms with Crippen molar-refractivity contribution in [2.75, 3.05) is 12.8 Å². The number of carbonyl (C=O) groups is 1. The average Bonchev–Trinajstić information content (AvgIpc) is 1.98. The first kappa shape index (κ1) is 11.0. The van der Waals surface area contributed by atoms with Crippen LogP contribution in [-0.4, -0.2) is 24.6 Å². The van der Waals surface area contributed by atoms with Crippen LogP contribution in [0.25, 0.3) is 0 Å². The Balaban J connectivity index is 3.92. The molecule has 0 aromatic rings. The van der Waals surface area contributed by atoms with Crippen LogP contribution in [0.4, 0.5) is 0 Å². The van der Waals surface area contributed by atoms with E-state index in [-0.39, 0.29) is 17.7 Å². The van der Waals surface area contributed by atoms with Crippen LogP contribution in [0.2, 0.25) is 0 Å². The Hall–Kier alpha value is -0.0200. The molecule has 0 saturated heterocycles. The number of rotatable bonds is 5. The molecule has 11 heavy (non-hydrogen) atoms. The highest BCUT2D eigenvalue weighted by Crippen LogP contribution is 2.03. The summed E-state index contributed by atoms with van der Waals surface area (Å²) in [6.45, 7) is 3.84. The molecule has 0 heterocycles. The lowest BCUT2D eigenvalue weighted by Crippen LogP contribution is -2.37. The van der Waals surface area contributed by atoms with Crippen molar-refractivity contribution >= 4 is 18.4 Å². The van der Waals surface area contributed by atoms with Gasteiger partial charge in [-0.2, -0.15) is 12.6 Å². The van der Waals surface area contributed by atoms with Crippen molar-refractivity contribution < 1.29 is 4.79 Å². The Morgan fingerprint density at radius 2 is 2.09 bits per heavy atom. The van der Waals surface area contributed by atoms with E-state index in [1.165, 1.54) is 0 Å². The summed E-state index contributed by atoms with van der Waals surface area (Å²) in [5.41, 5.74) is 0. The third-order valence-corrected chi connectivity index (χ3v) is 1.94. The molecule has 0 bridgehead atoms. The smallest absolute Gasteiger partial charge is 0.152 e. The van der Waals surface area contributed by atoms with Crippen LogP contribution in [0.15, 0.2) is 0 Å². The molecular formula is C8H17NOS. The zero-order valence-electron chi connectivity index (χ0n) is 7.42. The van der Waals surface area contributed by atoms with Gasteiger partial charge in [-0.1, -0.05) is 13.8 Å². The van der Waals surface area contributed by atoms with Crippen LogP contribution in [0.1, 0.15) is 20.3 Å². The van der Waals surface area contributed by atoms with Crippen molar-refractivity contribution in [3.8, 4) is 0 Å². The first-order valence-corrected chi connectivity index (χ1v) is 4.58. The molecule has 0 fully saturated rings. The van der Waals surface area contributed by atoms with Gasteiger partial charge in [0.2, 0.25) is 0 Å². The summed E-state index contributed by atoms with van der Waals surface area (Å²) in [4.78, 5) is 11.4. The fourth-order valence-corrected chi connectivity index (χ4v) is 1.22. The maximum absolute atomic E-state index is 11.4. The van der Waals surface area contributed by atoms with E-state index in [4.69, 9.17) is 0 Å². The number of carbonyl (C=O) groups excluding carboxylic acids is 1. The third-order valence-electron chi connectivity index (χ3n) is 1.68. The van der Waals surface area contributed by atoms with Gasteiger partial charge in [-0.25, -0.2) is 0 Å². The quantitative estimate of drug-likeness (QED) is 0.613. The van der Waals surface area contributed by atoms with Gasteiger partial charge in [-0.3, -0.25) is 4.79 Å². The van der Waals surface area contributed by atoms with E-state index in [0.29, 0.717) is 0 Å². The molecule has 0 radical (unpaired) electrons. The van der Waals surface area contributed by atoms with Crippen molar-refractivity contribution in [2.45, 2.75) is 26.3 Å². The number of hydrogen-bond acceptors (Lipinski definition) is 3. The Labute approximate surface area is 74.2 Å². The maximum Gasteiger partial charge on any atom is 0.152 e. The molecule has 0 aliphatic carbocycles. The summed E-state index contributed by atoms with van der Waals surface area (Å²) >= 11 is 4.08. The molecule has 0 aliphatic rings. The second-order valence-corrected chi connectivity index (χ2v) is 3.36. The van der Waals surface area contributed by atoms with Gasteiger partial charge in [-0.15, -0.1) is 0 Å². The lowest BCUT2D eigenvalue weighted by atomic mass is 10.0. The Morgan fingerprint density at radius 3 is 2.36 bits per heavy atom. The zero-order valence-corrected chi connectivity index (χ0v) is 8.32. The van der Waals surface area contributed by atoms with Gasteiger partial charge in [-0.05, 0) is 19.2 Å². The highest BCUT2D eigenvalue weighted by molar-refractivity contribution is 7.80. The normalized spacial score (nSPS) is 13.5. The van der Waals surface area contributed by atoms with Crippen LogP contribution in [0.5, 0.6) is 0 Å². The first-order valence-electron chi connectivity index (χ1n) is 3.95. The number of hydrogen-bond donors (Lipinski definition) is 2. The molecule has 0 saturated carbocycles. The second kappa shape index (κ2) is 5.61. The van der Waals surface area contributed by atoms with Crippen LogP contribution in [-0.2, 0) is 4.79 Å². The standard InChI is InChI=1S/C8H17NOS/c1-6(2)8(10)7(9-3)4-5-11/h6-7,9,11H,4-5H2,1-3H3. The van der Waals surface area contributed by atoms with Gasteiger partial charge in [0.1, 0.15) is 0 Å². The van der Waals surface area contributed by atoms with Crippen LogP contribution < -0.4 is 5.32 Å². The summed E-state index contributed by atoms with van der Waals surface area (Å²) < 4.78 is 0. The molecule has 0 rings (SSSR count). The van der Waals surface area contributed by atoms with E-state index in [1.54, 1.807) is 0 Å². The molecule has 0 aromatic heterocycles. The lowest BCUT2D eigenvalue weighted by Gasteiger charge is -2.15. The zero-order chi connectivity index (χ0) is 8.85. The van der Waals surface area contributed by atoms with Crippen molar-refractivity contribution in [3.05, 3.63) is 0 Å². The largest absolute Gasteiger partial charge is 0.311 e. The minimum Gasteiger partial charge on any atom is -0.311 e. The first-order chi connectivity index (χ1) is 5.13. The fourth-order valence-electron chi connectivity index (χ4n) is 0.960. The van der Waals surface area contributed by atoms with Gasteiger partial charge in [0.25, 0.3) is 0 Å². The highest BCUT2D eigenvalue weighted by Gasteiger charge is 2.17. The summed E-state index contributed by atoms with van der Waals surface area (Å²) in [7, 11) is 1.81. The van der Waals surface area contributed by atoms with Gasteiger partial charge in [0.05, 0.1) is 6.04 Å². The molecular weight excluding hydrogens is 158 g/mol. The number of likely N-dealkylation sites (N-methyl/N-ethyl adjacent to an activating group) is 1. The molecule has 1 N–H and O–H groups in total. The molecule has 1 unspecified atom stereocenters. The van der Waals surface area contributed by atoms with Crippen LogP contribution in [0.3, 0.4) is 0 Å². The van der Waals surface area contributed by atoms with Crippen molar-refractivity contribution in [2.24, 2.45) is 5.92 Å². The van der Waals surface area contributed by atoms with E-state index >= 15 is 0 Å². The second-order valence-electron chi connectivity index (χ2n) is 2.91. The fraction of sp³-hybridized carbons (Fsp3) is 0.875. The molecule has 66 valence electrons. The van der Waals surface area contributed by atoms with Crippen LogP contribution in [0, 0.1) is 5.92 Å². The topological polar surface area (TPSA) is 29.1 Å². The number of Topliss-reactive ketones (excluding diaryl/α,β-unsaturated/α-hetero) is 1. The monoisotopic (exact) mass is 175 g/mol. The summed E-state index contributed by atoms with van der Waals surface area (Å²) in [6, 6.07) is -0.00694. The van der Waals surface area contributed by atoms with Crippen LogP contribution >= 0.6 is 12.6 Å². The molecule has 0 spiro atoms. The summed E-state index contributed by atoms with van der Waals surface area (Å²) in [5, 5.41) is 2.99. The van der Waals surface area contributed by atoms with Gasteiger partial charge < -0.3 is 5.32 Å². The van der Waals surface area contributed by atoms with E-state index in [1.807, 2.05) is 20.9 Å². The van der Waals surface area contributed by atoms with E-state index in [0.717, 1.165) is 12.2 Å². The van der Waals surface area contributed by atoms with Gasteiger partial charge in [0, 0.05) is 5.92 Å². The molecule has 0 amide bonds. The highest BCUT2D eigenvalue weighted by atomic mass is 32.1. The minimum atomic E-state index is -0.00694. The van der Waals surface area contributed by atoms with E-state index in [2.05, 4.69) is 17.9 Å². The molecule has 0 aliphatic heterocycles.